The summed E-state index contributed by atoms with van der Waals surface area (Å²) in [5.41, 5.74) is 2.01. The fraction of sp³-hybridized carbons (Fsp3) is 0.286. The van der Waals surface area contributed by atoms with E-state index >= 15 is 0 Å². The molecular formula is C21H21N3O2S2. The smallest absolute Gasteiger partial charge is 0.263 e. The van der Waals surface area contributed by atoms with Crippen molar-refractivity contribution in [1.29, 1.82) is 0 Å². The number of likely N-dealkylation sites (tertiary alicyclic amines) is 1. The molecule has 3 aromatic rings. The van der Waals surface area contributed by atoms with Gasteiger partial charge in [0.2, 0.25) is 5.91 Å². The van der Waals surface area contributed by atoms with E-state index in [2.05, 4.69) is 10.3 Å². The van der Waals surface area contributed by atoms with Crippen LogP contribution >= 0.6 is 22.7 Å². The van der Waals surface area contributed by atoms with Crippen molar-refractivity contribution in [2.45, 2.75) is 19.4 Å². The van der Waals surface area contributed by atoms with Gasteiger partial charge in [-0.15, -0.1) is 22.7 Å². The van der Waals surface area contributed by atoms with Crippen LogP contribution in [-0.4, -0.2) is 34.8 Å². The standard InChI is InChI=1S/C21H21N3O2S2/c25-20(16-8-4-10-24(13-16)21(26)18-9-5-11-27-18)22-12-19-23-17(14-28-19)15-6-2-1-3-7-15/h1-3,5-7,9,11,14,16H,4,8,10,12-13H2,(H,22,25). The van der Waals surface area contributed by atoms with E-state index in [0.717, 1.165) is 34.0 Å². The lowest BCUT2D eigenvalue weighted by Crippen LogP contribution is -2.45. The summed E-state index contributed by atoms with van der Waals surface area (Å²) < 4.78 is 0. The largest absolute Gasteiger partial charge is 0.349 e. The molecule has 1 atom stereocenters. The van der Waals surface area contributed by atoms with Gasteiger partial charge in [0, 0.05) is 24.0 Å². The van der Waals surface area contributed by atoms with Gasteiger partial charge in [-0.3, -0.25) is 9.59 Å². The monoisotopic (exact) mass is 411 g/mol. The van der Waals surface area contributed by atoms with Gasteiger partial charge >= 0.3 is 0 Å². The Hall–Kier alpha value is -2.51. The van der Waals surface area contributed by atoms with Crippen molar-refractivity contribution < 1.29 is 9.59 Å². The molecule has 1 aromatic carbocycles. The molecular weight excluding hydrogens is 390 g/mol. The van der Waals surface area contributed by atoms with Gasteiger partial charge in [0.1, 0.15) is 5.01 Å². The van der Waals surface area contributed by atoms with Crippen molar-refractivity contribution in [2.75, 3.05) is 13.1 Å². The van der Waals surface area contributed by atoms with Crippen LogP contribution in [0.5, 0.6) is 0 Å². The predicted octanol–water partition coefficient (Wildman–Crippen LogP) is 4.04. The molecule has 1 aliphatic heterocycles. The van der Waals surface area contributed by atoms with Crippen LogP contribution < -0.4 is 5.32 Å². The molecule has 2 amide bonds. The molecule has 0 spiro atoms. The fourth-order valence-electron chi connectivity index (χ4n) is 3.37. The Morgan fingerprint density at radius 3 is 2.79 bits per heavy atom. The number of nitrogens with one attached hydrogen (secondary N) is 1. The third-order valence-corrected chi connectivity index (χ3v) is 6.55. The van der Waals surface area contributed by atoms with Crippen LogP contribution in [0.2, 0.25) is 0 Å². The van der Waals surface area contributed by atoms with Crippen LogP contribution in [0.15, 0.2) is 53.2 Å². The van der Waals surface area contributed by atoms with Gasteiger partial charge < -0.3 is 10.2 Å². The summed E-state index contributed by atoms with van der Waals surface area (Å²) in [5.74, 6) is -0.133. The van der Waals surface area contributed by atoms with Crippen LogP contribution in [0.3, 0.4) is 0 Å². The van der Waals surface area contributed by atoms with Crippen LogP contribution in [0.25, 0.3) is 11.3 Å². The van der Waals surface area contributed by atoms with E-state index < -0.39 is 0 Å². The van der Waals surface area contributed by atoms with Gasteiger partial charge in [0.25, 0.3) is 5.91 Å². The van der Waals surface area contributed by atoms with E-state index in [0.29, 0.717) is 19.6 Å². The lowest BCUT2D eigenvalue weighted by Gasteiger charge is -2.31. The molecule has 5 nitrogen and oxygen atoms in total. The molecule has 1 aliphatic rings. The van der Waals surface area contributed by atoms with E-state index in [9.17, 15) is 9.59 Å². The molecule has 28 heavy (non-hydrogen) atoms. The van der Waals surface area contributed by atoms with Crippen molar-refractivity contribution in [3.05, 3.63) is 63.1 Å². The Morgan fingerprint density at radius 1 is 1.14 bits per heavy atom. The number of aromatic nitrogens is 1. The summed E-state index contributed by atoms with van der Waals surface area (Å²) >= 11 is 2.99. The lowest BCUT2D eigenvalue weighted by molar-refractivity contribution is -0.126. The molecule has 4 rings (SSSR count). The summed E-state index contributed by atoms with van der Waals surface area (Å²) in [7, 11) is 0. The fourth-order valence-corrected chi connectivity index (χ4v) is 4.81. The van der Waals surface area contributed by atoms with E-state index in [-0.39, 0.29) is 17.7 Å². The molecule has 1 fully saturated rings. The molecule has 1 unspecified atom stereocenters. The Kier molecular flexibility index (Phi) is 5.83. The maximum Gasteiger partial charge on any atom is 0.263 e. The number of piperidine rings is 1. The van der Waals surface area contributed by atoms with E-state index in [1.807, 2.05) is 53.2 Å². The maximum absolute atomic E-state index is 12.6. The topological polar surface area (TPSA) is 62.3 Å². The van der Waals surface area contributed by atoms with Crippen LogP contribution in [0.4, 0.5) is 0 Å². The zero-order chi connectivity index (χ0) is 19.3. The normalized spacial score (nSPS) is 16.7. The minimum atomic E-state index is -0.161. The quantitative estimate of drug-likeness (QED) is 0.689. The van der Waals surface area contributed by atoms with Crippen molar-refractivity contribution in [1.82, 2.24) is 15.2 Å². The van der Waals surface area contributed by atoms with Crippen LogP contribution in [0.1, 0.15) is 27.5 Å². The van der Waals surface area contributed by atoms with Gasteiger partial charge in [-0.25, -0.2) is 4.98 Å². The first-order valence-electron chi connectivity index (χ1n) is 9.31. The molecule has 0 aliphatic carbocycles. The van der Waals surface area contributed by atoms with Crippen molar-refractivity contribution in [3.8, 4) is 11.3 Å². The second kappa shape index (κ2) is 8.67. The summed E-state index contributed by atoms with van der Waals surface area (Å²) in [5, 5.41) is 7.80. The molecule has 0 saturated carbocycles. The highest BCUT2D eigenvalue weighted by Crippen LogP contribution is 2.23. The Bertz CT molecular complexity index is 938. The Balaban J connectivity index is 1.32. The minimum Gasteiger partial charge on any atom is -0.349 e. The second-order valence-electron chi connectivity index (χ2n) is 6.78. The van der Waals surface area contributed by atoms with Crippen molar-refractivity contribution in [2.24, 2.45) is 5.92 Å². The number of hydrogen-bond donors (Lipinski definition) is 1. The molecule has 2 aromatic heterocycles. The molecule has 144 valence electrons. The third-order valence-electron chi connectivity index (χ3n) is 4.85. The van der Waals surface area contributed by atoms with E-state index in [4.69, 9.17) is 0 Å². The van der Waals surface area contributed by atoms with Gasteiger partial charge in [-0.1, -0.05) is 36.4 Å². The Morgan fingerprint density at radius 2 is 2.00 bits per heavy atom. The van der Waals surface area contributed by atoms with Gasteiger partial charge in [-0.2, -0.15) is 0 Å². The number of benzene rings is 1. The van der Waals surface area contributed by atoms with Gasteiger partial charge in [0.15, 0.2) is 0 Å². The average Bonchev–Trinajstić information content (AvgIpc) is 3.44. The predicted molar refractivity (Wildman–Crippen MR) is 112 cm³/mol. The number of carbonyl (C=O) groups is 2. The highest BCUT2D eigenvalue weighted by Gasteiger charge is 2.29. The van der Waals surface area contributed by atoms with Gasteiger partial charge in [0.05, 0.1) is 23.0 Å². The Labute approximate surface area is 172 Å². The van der Waals surface area contributed by atoms with E-state index in [1.165, 1.54) is 11.3 Å². The molecule has 0 radical (unpaired) electrons. The van der Waals surface area contributed by atoms with Crippen molar-refractivity contribution >= 4 is 34.5 Å². The summed E-state index contributed by atoms with van der Waals surface area (Å²) in [6.07, 6.45) is 1.66. The molecule has 0 bridgehead atoms. The summed E-state index contributed by atoms with van der Waals surface area (Å²) in [6, 6.07) is 13.7. The number of nitrogens with zero attached hydrogens (tertiary/aromatic N) is 2. The highest BCUT2D eigenvalue weighted by molar-refractivity contribution is 7.12. The SMILES string of the molecule is O=C(NCc1nc(-c2ccccc2)cs1)C1CCCN(C(=O)c2cccs2)C1. The zero-order valence-corrected chi connectivity index (χ0v) is 17.0. The summed E-state index contributed by atoms with van der Waals surface area (Å²) in [4.78, 5) is 32.3. The van der Waals surface area contributed by atoms with Crippen LogP contribution in [-0.2, 0) is 11.3 Å². The first kappa shape index (κ1) is 18.8. The average molecular weight is 412 g/mol. The second-order valence-corrected chi connectivity index (χ2v) is 8.67. The number of amides is 2. The van der Waals surface area contributed by atoms with E-state index in [1.54, 1.807) is 16.2 Å². The van der Waals surface area contributed by atoms with Crippen molar-refractivity contribution in [3.63, 3.8) is 0 Å². The van der Waals surface area contributed by atoms with Gasteiger partial charge in [-0.05, 0) is 24.3 Å². The summed E-state index contributed by atoms with van der Waals surface area (Å²) in [6.45, 7) is 1.62. The molecule has 1 saturated heterocycles. The lowest BCUT2D eigenvalue weighted by atomic mass is 9.97. The number of hydrogen-bond acceptors (Lipinski definition) is 5. The first-order valence-corrected chi connectivity index (χ1v) is 11.1. The zero-order valence-electron chi connectivity index (χ0n) is 15.3. The third kappa shape index (κ3) is 4.31. The number of thiophene rings is 1. The first-order chi connectivity index (χ1) is 13.7. The minimum absolute atomic E-state index is 0.000130. The molecule has 3 heterocycles. The van der Waals surface area contributed by atoms with Crippen LogP contribution in [0, 0.1) is 5.92 Å². The molecule has 7 heteroatoms. The number of thiazole rings is 1. The number of carbonyl (C=O) groups excluding carboxylic acids is 2. The number of rotatable bonds is 5. The highest BCUT2D eigenvalue weighted by atomic mass is 32.1. The maximum atomic E-state index is 12.6. The molecule has 1 N–H and O–H groups in total.